The minimum Gasteiger partial charge on any atom is -0.494 e. The first kappa shape index (κ1) is 14.7. The summed E-state index contributed by atoms with van der Waals surface area (Å²) in [5.41, 5.74) is 0. The van der Waals surface area contributed by atoms with Crippen LogP contribution in [0.1, 0.15) is 6.42 Å². The van der Waals surface area contributed by atoms with Crippen LogP contribution in [0.25, 0.3) is 0 Å². The molecule has 0 aromatic heterocycles. The van der Waals surface area contributed by atoms with Gasteiger partial charge in [0.05, 0.1) is 13.2 Å². The molecule has 0 radical (unpaired) electrons. The summed E-state index contributed by atoms with van der Waals surface area (Å²) in [6, 6.07) is 8.13. The van der Waals surface area contributed by atoms with Gasteiger partial charge in [-0.25, -0.2) is 0 Å². The molecular weight excluding hydrogens is 329 g/mol. The fourth-order valence-corrected chi connectivity index (χ4v) is 1.77. The monoisotopic (exact) mass is 349 g/mol. The molecule has 0 bridgehead atoms. The van der Waals surface area contributed by atoms with Crippen molar-refractivity contribution in [2.24, 2.45) is 0 Å². The van der Waals surface area contributed by atoms with Crippen LogP contribution in [0.2, 0.25) is 0 Å². The molecule has 0 aliphatic heterocycles. The third-order valence-corrected chi connectivity index (χ3v) is 3.16. The van der Waals surface area contributed by atoms with E-state index < -0.39 is 0 Å². The first-order chi connectivity index (χ1) is 8.22. The second kappa shape index (κ2) is 8.72. The number of rotatable bonds is 8. The number of hydrogen-bond acceptors (Lipinski definition) is 3. The Bertz CT molecular complexity index is 303. The molecule has 96 valence electrons. The molecule has 0 spiro atoms. The Kier molecular flexibility index (Phi) is 7.55. The van der Waals surface area contributed by atoms with Gasteiger partial charge < -0.3 is 14.4 Å². The molecule has 0 aliphatic carbocycles. The molecule has 0 unspecified atom stereocenters. The van der Waals surface area contributed by atoms with E-state index in [-0.39, 0.29) is 0 Å². The number of benzene rings is 1. The topological polar surface area (TPSA) is 21.7 Å². The summed E-state index contributed by atoms with van der Waals surface area (Å²) >= 11 is 2.29. The maximum atomic E-state index is 5.65. The van der Waals surface area contributed by atoms with Crippen molar-refractivity contribution in [3.05, 3.63) is 27.8 Å². The third kappa shape index (κ3) is 6.85. The van der Waals surface area contributed by atoms with Crippen molar-refractivity contribution in [2.75, 3.05) is 40.5 Å². The summed E-state index contributed by atoms with van der Waals surface area (Å²) in [6.07, 6.45) is 1.03. The molecule has 0 atom stereocenters. The molecule has 0 heterocycles. The first-order valence-electron chi connectivity index (χ1n) is 5.78. The summed E-state index contributed by atoms with van der Waals surface area (Å²) in [7, 11) is 3.83. The van der Waals surface area contributed by atoms with Crippen LogP contribution in [0.3, 0.4) is 0 Å². The molecular formula is C13H20INO2. The van der Waals surface area contributed by atoms with E-state index in [1.54, 1.807) is 7.11 Å². The van der Waals surface area contributed by atoms with E-state index in [0.717, 1.165) is 38.5 Å². The highest BCUT2D eigenvalue weighted by molar-refractivity contribution is 14.1. The number of halogens is 1. The lowest BCUT2D eigenvalue weighted by Crippen LogP contribution is -2.25. The largest absolute Gasteiger partial charge is 0.494 e. The fourth-order valence-electron chi connectivity index (χ4n) is 1.41. The molecule has 17 heavy (non-hydrogen) atoms. The highest BCUT2D eigenvalue weighted by atomic mass is 127. The molecule has 0 N–H and O–H groups in total. The molecule has 1 aromatic rings. The summed E-state index contributed by atoms with van der Waals surface area (Å²) in [4.78, 5) is 2.25. The average Bonchev–Trinajstić information content (AvgIpc) is 2.34. The third-order valence-electron chi connectivity index (χ3n) is 2.44. The Hall–Kier alpha value is -0.330. The predicted octanol–water partition coefficient (Wildman–Crippen LogP) is 2.64. The van der Waals surface area contributed by atoms with Crippen LogP contribution in [0.15, 0.2) is 24.3 Å². The molecule has 0 amide bonds. The van der Waals surface area contributed by atoms with Crippen LogP contribution in [0.5, 0.6) is 5.75 Å². The van der Waals surface area contributed by atoms with Crippen molar-refractivity contribution in [3.63, 3.8) is 0 Å². The van der Waals surface area contributed by atoms with E-state index in [0.29, 0.717) is 0 Å². The lowest BCUT2D eigenvalue weighted by atomic mass is 10.3. The highest BCUT2D eigenvalue weighted by Gasteiger charge is 1.98. The summed E-state index contributed by atoms with van der Waals surface area (Å²) in [5, 5.41) is 0. The van der Waals surface area contributed by atoms with Gasteiger partial charge in [0.15, 0.2) is 0 Å². The number of methoxy groups -OCH3 is 1. The van der Waals surface area contributed by atoms with Crippen LogP contribution in [0.4, 0.5) is 0 Å². The lowest BCUT2D eigenvalue weighted by molar-refractivity contribution is 0.157. The van der Waals surface area contributed by atoms with E-state index in [9.17, 15) is 0 Å². The van der Waals surface area contributed by atoms with Gasteiger partial charge in [0.1, 0.15) is 5.75 Å². The zero-order chi connectivity index (χ0) is 12.5. The summed E-state index contributed by atoms with van der Waals surface area (Å²) in [5.74, 6) is 0.949. The highest BCUT2D eigenvalue weighted by Crippen LogP contribution is 2.13. The second-order valence-corrected chi connectivity index (χ2v) is 5.20. The van der Waals surface area contributed by atoms with Crippen LogP contribution in [0, 0.1) is 3.57 Å². The minimum absolute atomic E-state index is 0.762. The maximum absolute atomic E-state index is 5.65. The molecule has 4 heteroatoms. The molecule has 0 fully saturated rings. The van der Waals surface area contributed by atoms with E-state index in [4.69, 9.17) is 9.47 Å². The average molecular weight is 349 g/mol. The van der Waals surface area contributed by atoms with Gasteiger partial charge in [0, 0.05) is 23.8 Å². The molecule has 1 aromatic carbocycles. The smallest absolute Gasteiger partial charge is 0.119 e. The van der Waals surface area contributed by atoms with E-state index in [2.05, 4.69) is 46.7 Å². The van der Waals surface area contributed by atoms with Gasteiger partial charge in [-0.15, -0.1) is 0 Å². The Morgan fingerprint density at radius 3 is 2.47 bits per heavy atom. The fraction of sp³-hybridized carbons (Fsp3) is 0.538. The lowest BCUT2D eigenvalue weighted by Gasteiger charge is -2.15. The molecule has 1 rings (SSSR count). The zero-order valence-electron chi connectivity index (χ0n) is 10.5. The van der Waals surface area contributed by atoms with Crippen molar-refractivity contribution in [1.82, 2.24) is 4.90 Å². The number of ether oxygens (including phenoxy) is 2. The van der Waals surface area contributed by atoms with E-state index in [1.807, 2.05) is 12.1 Å². The maximum Gasteiger partial charge on any atom is 0.119 e. The van der Waals surface area contributed by atoms with Crippen molar-refractivity contribution in [3.8, 4) is 5.75 Å². The molecule has 0 saturated carbocycles. The van der Waals surface area contributed by atoms with Crippen LogP contribution in [-0.2, 0) is 4.74 Å². The van der Waals surface area contributed by atoms with Crippen molar-refractivity contribution in [2.45, 2.75) is 6.42 Å². The van der Waals surface area contributed by atoms with Crippen molar-refractivity contribution < 1.29 is 9.47 Å². The SMILES string of the molecule is COCCN(C)CCCOc1ccc(I)cc1. The van der Waals surface area contributed by atoms with Crippen LogP contribution >= 0.6 is 22.6 Å². The van der Waals surface area contributed by atoms with Gasteiger partial charge >= 0.3 is 0 Å². The molecule has 0 aliphatic rings. The predicted molar refractivity (Wildman–Crippen MR) is 78.6 cm³/mol. The molecule has 0 saturated heterocycles. The molecule has 3 nitrogen and oxygen atoms in total. The zero-order valence-corrected chi connectivity index (χ0v) is 12.6. The summed E-state index contributed by atoms with van der Waals surface area (Å²) < 4.78 is 11.9. The second-order valence-electron chi connectivity index (χ2n) is 3.95. The number of nitrogens with zero attached hydrogens (tertiary/aromatic N) is 1. The van der Waals surface area contributed by atoms with Gasteiger partial charge in [-0.3, -0.25) is 0 Å². The first-order valence-corrected chi connectivity index (χ1v) is 6.86. The van der Waals surface area contributed by atoms with Gasteiger partial charge in [-0.2, -0.15) is 0 Å². The minimum atomic E-state index is 0.762. The van der Waals surface area contributed by atoms with E-state index >= 15 is 0 Å². The normalized spacial score (nSPS) is 10.8. The quantitative estimate of drug-likeness (QED) is 0.532. The van der Waals surface area contributed by atoms with Gasteiger partial charge in [0.25, 0.3) is 0 Å². The van der Waals surface area contributed by atoms with Crippen molar-refractivity contribution >= 4 is 22.6 Å². The van der Waals surface area contributed by atoms with Gasteiger partial charge in [-0.05, 0) is 60.3 Å². The standard InChI is InChI=1S/C13H20INO2/c1-15(9-11-16-2)8-3-10-17-13-6-4-12(14)5-7-13/h4-7H,3,8-11H2,1-2H3. The van der Waals surface area contributed by atoms with Crippen molar-refractivity contribution in [1.29, 1.82) is 0 Å². The Balaban J connectivity index is 2.09. The van der Waals surface area contributed by atoms with Crippen LogP contribution < -0.4 is 4.74 Å². The Labute approximate surface area is 117 Å². The van der Waals surface area contributed by atoms with Gasteiger partial charge in [-0.1, -0.05) is 0 Å². The Morgan fingerprint density at radius 2 is 1.82 bits per heavy atom. The summed E-state index contributed by atoms with van der Waals surface area (Å²) in [6.45, 7) is 3.56. The van der Waals surface area contributed by atoms with Crippen LogP contribution in [-0.4, -0.2) is 45.4 Å². The van der Waals surface area contributed by atoms with E-state index in [1.165, 1.54) is 3.57 Å². The number of likely N-dealkylation sites (N-methyl/N-ethyl adjacent to an activating group) is 1. The van der Waals surface area contributed by atoms with Gasteiger partial charge in [0.2, 0.25) is 0 Å². The Morgan fingerprint density at radius 1 is 1.12 bits per heavy atom. The number of hydrogen-bond donors (Lipinski definition) is 0.